The zero-order chi connectivity index (χ0) is 16.0. The van der Waals surface area contributed by atoms with Crippen LogP contribution in [-0.4, -0.2) is 30.0 Å². The van der Waals surface area contributed by atoms with Crippen molar-refractivity contribution in [2.75, 3.05) is 13.2 Å². The molecule has 1 aromatic carbocycles. The molecular weight excluding hydrogens is 284 g/mol. The molecule has 22 heavy (non-hydrogen) atoms. The number of rotatable bonds is 5. The van der Waals surface area contributed by atoms with E-state index < -0.39 is 11.7 Å². The van der Waals surface area contributed by atoms with E-state index >= 15 is 0 Å². The van der Waals surface area contributed by atoms with E-state index in [9.17, 15) is 4.79 Å². The van der Waals surface area contributed by atoms with Crippen molar-refractivity contribution in [3.8, 4) is 17.2 Å². The van der Waals surface area contributed by atoms with Crippen LogP contribution in [0, 0.1) is 0 Å². The van der Waals surface area contributed by atoms with Gasteiger partial charge in [-0.25, -0.2) is 4.79 Å². The third-order valence-corrected chi connectivity index (χ3v) is 2.57. The zero-order valence-electron chi connectivity index (χ0n) is 13.0. The lowest BCUT2D eigenvalue weighted by molar-refractivity contribution is 0.0519. The number of nitrogens with zero attached hydrogens (tertiary/aromatic N) is 1. The van der Waals surface area contributed by atoms with E-state index in [-0.39, 0.29) is 6.61 Å². The third-order valence-electron chi connectivity index (χ3n) is 2.57. The molecule has 0 saturated heterocycles. The third kappa shape index (κ3) is 5.12. The Labute approximate surface area is 129 Å². The SMILES string of the molecule is CC(C)(C)OC(=O)NCCOc1cc(-c2ccccc2)on1. The van der Waals surface area contributed by atoms with E-state index in [1.54, 1.807) is 6.07 Å². The van der Waals surface area contributed by atoms with Gasteiger partial charge in [-0.15, -0.1) is 0 Å². The van der Waals surface area contributed by atoms with E-state index in [1.165, 1.54) is 0 Å². The lowest BCUT2D eigenvalue weighted by Crippen LogP contribution is -2.34. The summed E-state index contributed by atoms with van der Waals surface area (Å²) in [6.45, 7) is 6.03. The molecule has 6 nitrogen and oxygen atoms in total. The number of benzene rings is 1. The van der Waals surface area contributed by atoms with Crippen molar-refractivity contribution >= 4 is 6.09 Å². The molecule has 1 N–H and O–H groups in total. The van der Waals surface area contributed by atoms with Gasteiger partial charge in [0.2, 0.25) is 0 Å². The van der Waals surface area contributed by atoms with Crippen LogP contribution in [0.4, 0.5) is 4.79 Å². The van der Waals surface area contributed by atoms with Crippen LogP contribution in [0.3, 0.4) is 0 Å². The van der Waals surface area contributed by atoms with Gasteiger partial charge in [0.05, 0.1) is 6.54 Å². The van der Waals surface area contributed by atoms with Crippen molar-refractivity contribution in [1.82, 2.24) is 10.5 Å². The number of alkyl carbamates (subject to hydrolysis) is 1. The van der Waals surface area contributed by atoms with Gasteiger partial charge in [0.15, 0.2) is 5.76 Å². The number of hydrogen-bond acceptors (Lipinski definition) is 5. The molecule has 1 aromatic heterocycles. The van der Waals surface area contributed by atoms with E-state index in [1.807, 2.05) is 51.1 Å². The maximum absolute atomic E-state index is 11.4. The fourth-order valence-corrected chi connectivity index (χ4v) is 1.69. The minimum atomic E-state index is -0.512. The topological polar surface area (TPSA) is 73.6 Å². The number of nitrogens with one attached hydrogen (secondary N) is 1. The second-order valence-electron chi connectivity index (χ2n) is 5.67. The average molecular weight is 304 g/mol. The van der Waals surface area contributed by atoms with Gasteiger partial charge in [-0.1, -0.05) is 30.3 Å². The zero-order valence-corrected chi connectivity index (χ0v) is 13.0. The molecule has 0 aliphatic rings. The second-order valence-corrected chi connectivity index (χ2v) is 5.67. The number of aromatic nitrogens is 1. The number of hydrogen-bond donors (Lipinski definition) is 1. The van der Waals surface area contributed by atoms with Crippen molar-refractivity contribution in [3.63, 3.8) is 0 Å². The van der Waals surface area contributed by atoms with Crippen molar-refractivity contribution in [3.05, 3.63) is 36.4 Å². The summed E-state index contributed by atoms with van der Waals surface area (Å²) in [6.07, 6.45) is -0.471. The van der Waals surface area contributed by atoms with Crippen LogP contribution >= 0.6 is 0 Å². The van der Waals surface area contributed by atoms with Crippen LogP contribution in [0.15, 0.2) is 40.9 Å². The van der Waals surface area contributed by atoms with Crippen molar-refractivity contribution in [2.45, 2.75) is 26.4 Å². The Morgan fingerprint density at radius 2 is 2.00 bits per heavy atom. The maximum atomic E-state index is 11.4. The molecule has 2 aromatic rings. The Balaban J connectivity index is 1.74. The monoisotopic (exact) mass is 304 g/mol. The first-order valence-corrected chi connectivity index (χ1v) is 7.06. The van der Waals surface area contributed by atoms with E-state index in [0.717, 1.165) is 5.56 Å². The Hall–Kier alpha value is -2.50. The molecule has 0 atom stereocenters. The molecule has 0 unspecified atom stereocenters. The number of ether oxygens (including phenoxy) is 2. The molecule has 2 rings (SSSR count). The van der Waals surface area contributed by atoms with Crippen molar-refractivity contribution < 1.29 is 18.8 Å². The summed E-state index contributed by atoms with van der Waals surface area (Å²) >= 11 is 0. The van der Waals surface area contributed by atoms with E-state index in [0.29, 0.717) is 18.2 Å². The highest BCUT2D eigenvalue weighted by Crippen LogP contribution is 2.22. The van der Waals surface area contributed by atoms with Crippen LogP contribution in [0.5, 0.6) is 5.88 Å². The summed E-state index contributed by atoms with van der Waals surface area (Å²) in [5.74, 6) is 1.01. The highest BCUT2D eigenvalue weighted by Gasteiger charge is 2.15. The minimum Gasteiger partial charge on any atom is -0.474 e. The molecule has 1 amide bonds. The molecule has 0 aliphatic carbocycles. The van der Waals surface area contributed by atoms with Crippen molar-refractivity contribution in [1.29, 1.82) is 0 Å². The Morgan fingerprint density at radius 1 is 1.27 bits per heavy atom. The fourth-order valence-electron chi connectivity index (χ4n) is 1.69. The Morgan fingerprint density at radius 3 is 2.68 bits per heavy atom. The fraction of sp³-hybridized carbons (Fsp3) is 0.375. The molecule has 0 radical (unpaired) electrons. The molecule has 1 heterocycles. The molecule has 0 bridgehead atoms. The lowest BCUT2D eigenvalue weighted by atomic mass is 10.2. The van der Waals surface area contributed by atoms with Crippen LogP contribution in [-0.2, 0) is 4.74 Å². The highest BCUT2D eigenvalue weighted by atomic mass is 16.6. The number of carbonyl (C=O) groups is 1. The summed E-state index contributed by atoms with van der Waals surface area (Å²) in [5.41, 5.74) is 0.415. The smallest absolute Gasteiger partial charge is 0.407 e. The summed E-state index contributed by atoms with van der Waals surface area (Å²) in [6, 6.07) is 11.3. The van der Waals surface area contributed by atoms with Gasteiger partial charge in [0.25, 0.3) is 5.88 Å². The molecule has 6 heteroatoms. The van der Waals surface area contributed by atoms with Gasteiger partial charge in [0, 0.05) is 11.6 Å². The van der Waals surface area contributed by atoms with E-state index in [4.69, 9.17) is 14.0 Å². The predicted octanol–water partition coefficient (Wildman–Crippen LogP) is 3.25. The largest absolute Gasteiger partial charge is 0.474 e. The summed E-state index contributed by atoms with van der Waals surface area (Å²) in [5, 5.41) is 6.43. The van der Waals surface area contributed by atoms with Gasteiger partial charge < -0.3 is 19.3 Å². The molecule has 0 spiro atoms. The highest BCUT2D eigenvalue weighted by molar-refractivity contribution is 5.67. The summed E-state index contributed by atoms with van der Waals surface area (Å²) < 4.78 is 15.7. The molecule has 0 saturated carbocycles. The Bertz CT molecular complexity index is 602. The molecule has 118 valence electrons. The number of carbonyl (C=O) groups excluding carboxylic acids is 1. The molecular formula is C16H20N2O4. The molecule has 0 fully saturated rings. The summed E-state index contributed by atoms with van der Waals surface area (Å²) in [7, 11) is 0. The second kappa shape index (κ2) is 6.98. The van der Waals surface area contributed by atoms with Gasteiger partial charge in [-0.3, -0.25) is 0 Å². The average Bonchev–Trinajstić information content (AvgIpc) is 2.91. The standard InChI is InChI=1S/C16H20N2O4/c1-16(2,3)21-15(19)17-9-10-20-14-11-13(22-18-14)12-7-5-4-6-8-12/h4-8,11H,9-10H2,1-3H3,(H,17,19). The summed E-state index contributed by atoms with van der Waals surface area (Å²) in [4.78, 5) is 11.4. The number of amides is 1. The van der Waals surface area contributed by atoms with Gasteiger partial charge in [0.1, 0.15) is 12.2 Å². The van der Waals surface area contributed by atoms with Gasteiger partial charge in [-0.2, -0.15) is 0 Å². The van der Waals surface area contributed by atoms with Crippen LogP contribution in [0.1, 0.15) is 20.8 Å². The van der Waals surface area contributed by atoms with Gasteiger partial charge >= 0.3 is 6.09 Å². The quantitative estimate of drug-likeness (QED) is 0.858. The van der Waals surface area contributed by atoms with Crippen LogP contribution in [0.25, 0.3) is 11.3 Å². The van der Waals surface area contributed by atoms with Gasteiger partial charge in [-0.05, 0) is 25.9 Å². The van der Waals surface area contributed by atoms with Crippen LogP contribution in [0.2, 0.25) is 0 Å². The first-order valence-electron chi connectivity index (χ1n) is 7.06. The molecule has 0 aliphatic heterocycles. The maximum Gasteiger partial charge on any atom is 0.407 e. The Kier molecular flexibility index (Phi) is 5.04. The predicted molar refractivity (Wildman–Crippen MR) is 81.7 cm³/mol. The first-order chi connectivity index (χ1) is 10.4. The normalized spacial score (nSPS) is 11.0. The lowest BCUT2D eigenvalue weighted by Gasteiger charge is -2.19. The van der Waals surface area contributed by atoms with E-state index in [2.05, 4.69) is 10.5 Å². The first kappa shape index (κ1) is 15.9. The van der Waals surface area contributed by atoms with Crippen LogP contribution < -0.4 is 10.1 Å². The van der Waals surface area contributed by atoms with Crippen molar-refractivity contribution in [2.24, 2.45) is 0 Å². The minimum absolute atomic E-state index is 0.278.